The molecule has 0 unspecified atom stereocenters. The van der Waals surface area contributed by atoms with Gasteiger partial charge in [0, 0.05) is 37.8 Å². The zero-order valence-electron chi connectivity index (χ0n) is 21.3. The minimum absolute atomic E-state index is 0.231. The highest BCUT2D eigenvalue weighted by molar-refractivity contribution is 5.75. The lowest BCUT2D eigenvalue weighted by Gasteiger charge is -2.09. The largest absolute Gasteiger partial charge is 0.444 e. The van der Waals surface area contributed by atoms with Gasteiger partial charge in [0.05, 0.1) is 23.0 Å². The zero-order valence-corrected chi connectivity index (χ0v) is 21.3. The van der Waals surface area contributed by atoms with E-state index in [1.807, 2.05) is 13.8 Å². The second-order valence-corrected chi connectivity index (χ2v) is 9.14. The predicted octanol–water partition coefficient (Wildman–Crippen LogP) is 4.49. The van der Waals surface area contributed by atoms with Crippen LogP contribution in [0.4, 0.5) is 13.2 Å². The summed E-state index contributed by atoms with van der Waals surface area (Å²) in [6.07, 6.45) is 2.26. The lowest BCUT2D eigenvalue weighted by atomic mass is 10.1. The molecule has 204 valence electrons. The first kappa shape index (κ1) is 26.2. The Morgan fingerprint density at radius 2 is 1.67 bits per heavy atom. The van der Waals surface area contributed by atoms with Crippen LogP contribution in [0, 0.1) is 0 Å². The second-order valence-electron chi connectivity index (χ2n) is 9.14. The van der Waals surface area contributed by atoms with E-state index in [0.717, 1.165) is 12.1 Å². The van der Waals surface area contributed by atoms with Gasteiger partial charge < -0.3 is 9.40 Å². The van der Waals surface area contributed by atoms with Crippen molar-refractivity contribution in [3.8, 4) is 22.8 Å². The number of imidazole rings is 1. The van der Waals surface area contributed by atoms with Crippen LogP contribution in [0.5, 0.6) is 0 Å². The molecule has 5 rings (SSSR count). The number of hydrogen-bond acceptors (Lipinski definition) is 6. The smallest absolute Gasteiger partial charge is 0.416 e. The number of H-pyrrole nitrogens is 1. The molecule has 0 aliphatic heterocycles. The topological polar surface area (TPSA) is 117 Å². The molecule has 1 N–H and O–H groups in total. The van der Waals surface area contributed by atoms with Crippen LogP contribution in [-0.4, -0.2) is 33.9 Å². The molecule has 39 heavy (non-hydrogen) atoms. The monoisotopic (exact) mass is 541 g/mol. The fraction of sp³-hybridized carbons (Fsp3) is 0.346. The fourth-order valence-corrected chi connectivity index (χ4v) is 4.34. The Morgan fingerprint density at radius 3 is 2.36 bits per heavy atom. The zero-order chi connectivity index (χ0) is 27.7. The maximum atomic E-state index is 13.0. The third-order valence-corrected chi connectivity index (χ3v) is 6.27. The van der Waals surface area contributed by atoms with Crippen LogP contribution in [0.15, 0.2) is 56.9 Å². The molecule has 5 aromatic rings. The molecule has 0 radical (unpaired) electrons. The summed E-state index contributed by atoms with van der Waals surface area (Å²) < 4.78 is 48.3. The molecule has 0 saturated carbocycles. The molecule has 0 fully saturated rings. The van der Waals surface area contributed by atoms with Gasteiger partial charge in [0.1, 0.15) is 17.6 Å². The van der Waals surface area contributed by atoms with Crippen LogP contribution < -0.4 is 11.2 Å². The van der Waals surface area contributed by atoms with E-state index in [2.05, 4.69) is 20.1 Å². The number of fused-ring (bicyclic) bond motifs is 1. The highest BCUT2D eigenvalue weighted by Gasteiger charge is 2.30. The van der Waals surface area contributed by atoms with Gasteiger partial charge in [-0.05, 0) is 37.1 Å². The normalized spacial score (nSPS) is 12.0. The van der Waals surface area contributed by atoms with Gasteiger partial charge >= 0.3 is 11.9 Å². The average molecular weight is 542 g/mol. The van der Waals surface area contributed by atoms with Gasteiger partial charge in [-0.2, -0.15) is 18.3 Å². The Balaban J connectivity index is 1.33. The number of aromatic nitrogens is 7. The fourth-order valence-electron chi connectivity index (χ4n) is 4.34. The highest BCUT2D eigenvalue weighted by Crippen LogP contribution is 2.31. The van der Waals surface area contributed by atoms with Crippen molar-refractivity contribution in [1.29, 1.82) is 0 Å². The molecule has 4 aromatic heterocycles. The summed E-state index contributed by atoms with van der Waals surface area (Å²) in [5.74, 6) is 0.659. The standard InChI is InChI=1S/C26H26F3N7O3/c1-3-10-35-22-20(24(37)36(11-4-2)25(35)38)32-21(33-22)17-13-30-34(14-17)12-9-19-15-39-23(31-19)16-5-7-18(8-6-16)26(27,28)29/h5-8,13-15H,3-4,9-12H2,1-2H3,(H,32,33). The van der Waals surface area contributed by atoms with E-state index in [1.165, 1.54) is 27.5 Å². The van der Waals surface area contributed by atoms with Crippen molar-refractivity contribution < 1.29 is 17.6 Å². The number of hydrogen-bond donors (Lipinski definition) is 1. The predicted molar refractivity (Wildman–Crippen MR) is 137 cm³/mol. The lowest BCUT2D eigenvalue weighted by molar-refractivity contribution is -0.137. The first-order valence-electron chi connectivity index (χ1n) is 12.6. The number of rotatable bonds is 9. The summed E-state index contributed by atoms with van der Waals surface area (Å²) in [5.41, 5.74) is 0.799. The van der Waals surface area contributed by atoms with E-state index in [-0.39, 0.29) is 17.1 Å². The van der Waals surface area contributed by atoms with Crippen molar-refractivity contribution in [2.45, 2.75) is 58.9 Å². The van der Waals surface area contributed by atoms with Crippen LogP contribution in [0.2, 0.25) is 0 Å². The number of aromatic amines is 1. The molecule has 10 nitrogen and oxygen atoms in total. The molecular formula is C26H26F3N7O3. The summed E-state index contributed by atoms with van der Waals surface area (Å²) in [5, 5.41) is 4.36. The number of oxazole rings is 1. The van der Waals surface area contributed by atoms with Crippen molar-refractivity contribution >= 4 is 11.2 Å². The van der Waals surface area contributed by atoms with Crippen molar-refractivity contribution in [1.82, 2.24) is 33.9 Å². The van der Waals surface area contributed by atoms with Crippen LogP contribution in [-0.2, 0) is 32.2 Å². The molecule has 0 amide bonds. The Bertz CT molecular complexity index is 1720. The summed E-state index contributed by atoms with van der Waals surface area (Å²) in [6, 6.07) is 4.62. The number of nitrogens with zero attached hydrogens (tertiary/aromatic N) is 6. The number of aryl methyl sites for hydroxylation is 3. The molecule has 0 spiro atoms. The Kier molecular flexibility index (Phi) is 6.98. The van der Waals surface area contributed by atoms with E-state index in [1.54, 1.807) is 17.1 Å². The van der Waals surface area contributed by atoms with E-state index in [0.29, 0.717) is 67.2 Å². The van der Waals surface area contributed by atoms with Crippen LogP contribution >= 0.6 is 0 Å². The summed E-state index contributed by atoms with van der Waals surface area (Å²) in [4.78, 5) is 37.9. The number of benzene rings is 1. The van der Waals surface area contributed by atoms with Gasteiger partial charge in [-0.3, -0.25) is 18.6 Å². The van der Waals surface area contributed by atoms with Crippen LogP contribution in [0.3, 0.4) is 0 Å². The molecule has 4 heterocycles. The molecular weight excluding hydrogens is 515 g/mol. The van der Waals surface area contributed by atoms with Crippen LogP contribution in [0.25, 0.3) is 34.0 Å². The van der Waals surface area contributed by atoms with E-state index in [4.69, 9.17) is 4.42 Å². The third kappa shape index (κ3) is 5.16. The highest BCUT2D eigenvalue weighted by atomic mass is 19.4. The molecule has 0 aliphatic rings. The quantitative estimate of drug-likeness (QED) is 0.294. The number of halogens is 3. The molecule has 0 saturated heterocycles. The SMILES string of the molecule is CCCn1c(=O)c2[nH]c(-c3cnn(CCc4coc(-c5ccc(C(F)(F)F)cc5)n4)c3)nc2n(CCC)c1=O. The lowest BCUT2D eigenvalue weighted by Crippen LogP contribution is -2.40. The average Bonchev–Trinajstić information content (AvgIpc) is 3.67. The molecule has 13 heteroatoms. The van der Waals surface area contributed by atoms with E-state index >= 15 is 0 Å². The molecule has 1 aromatic carbocycles. The number of nitrogens with one attached hydrogen (secondary N) is 1. The minimum atomic E-state index is -4.41. The van der Waals surface area contributed by atoms with Crippen molar-refractivity contribution in [2.24, 2.45) is 0 Å². The number of alkyl halides is 3. The molecule has 0 aliphatic carbocycles. The van der Waals surface area contributed by atoms with Gasteiger partial charge in [-0.25, -0.2) is 14.8 Å². The van der Waals surface area contributed by atoms with E-state index < -0.39 is 17.3 Å². The van der Waals surface area contributed by atoms with Crippen molar-refractivity contribution in [3.63, 3.8) is 0 Å². The van der Waals surface area contributed by atoms with Gasteiger partial charge in [0.2, 0.25) is 5.89 Å². The van der Waals surface area contributed by atoms with E-state index in [9.17, 15) is 22.8 Å². The van der Waals surface area contributed by atoms with Gasteiger partial charge in [0.25, 0.3) is 5.56 Å². The Morgan fingerprint density at radius 1 is 0.949 bits per heavy atom. The summed E-state index contributed by atoms with van der Waals surface area (Å²) in [6.45, 7) is 5.07. The summed E-state index contributed by atoms with van der Waals surface area (Å²) in [7, 11) is 0. The van der Waals surface area contributed by atoms with Gasteiger partial charge in [-0.1, -0.05) is 13.8 Å². The molecule has 0 atom stereocenters. The Hall–Kier alpha value is -4.42. The maximum Gasteiger partial charge on any atom is 0.416 e. The second kappa shape index (κ2) is 10.4. The molecule has 0 bridgehead atoms. The van der Waals surface area contributed by atoms with Gasteiger partial charge in [-0.15, -0.1) is 0 Å². The maximum absolute atomic E-state index is 13.0. The summed E-state index contributed by atoms with van der Waals surface area (Å²) >= 11 is 0. The minimum Gasteiger partial charge on any atom is -0.444 e. The van der Waals surface area contributed by atoms with Crippen LogP contribution in [0.1, 0.15) is 37.9 Å². The first-order valence-corrected chi connectivity index (χ1v) is 12.6. The first-order chi connectivity index (χ1) is 18.7. The third-order valence-electron chi connectivity index (χ3n) is 6.27. The van der Waals surface area contributed by atoms with Crippen molar-refractivity contribution in [2.75, 3.05) is 0 Å². The Labute approximate surface area is 219 Å². The van der Waals surface area contributed by atoms with Gasteiger partial charge in [0.15, 0.2) is 5.65 Å². The van der Waals surface area contributed by atoms with Crippen molar-refractivity contribution in [3.05, 3.63) is 75.0 Å².